The summed E-state index contributed by atoms with van der Waals surface area (Å²) in [6.45, 7) is 6.00. The number of ketones is 1. The highest BCUT2D eigenvalue weighted by Gasteiger charge is 2.13. The Labute approximate surface area is 112 Å². The maximum absolute atomic E-state index is 11.3. The van der Waals surface area contributed by atoms with Gasteiger partial charge in [0, 0.05) is 23.1 Å². The number of halogens is 1. The maximum atomic E-state index is 11.3. The molecule has 0 amide bonds. The van der Waals surface area contributed by atoms with Crippen molar-refractivity contribution < 1.29 is 4.79 Å². The fourth-order valence-corrected chi connectivity index (χ4v) is 2.52. The van der Waals surface area contributed by atoms with Crippen LogP contribution in [0, 0.1) is 0 Å². The summed E-state index contributed by atoms with van der Waals surface area (Å²) in [4.78, 5) is 13.5. The molecule has 94 valence electrons. The molecule has 0 aliphatic carbocycles. The largest absolute Gasteiger partial charge is 0.371 e. The second kappa shape index (κ2) is 6.20. The van der Waals surface area contributed by atoms with Crippen LogP contribution in [0.25, 0.3) is 0 Å². The third-order valence-corrected chi connectivity index (χ3v) is 3.74. The predicted molar refractivity (Wildman–Crippen MR) is 76.9 cm³/mol. The standard InChI is InChI=1S/C14H20BrNO/c1-5-6-10(2)16(4)14-8-7-12(11(3)17)9-13(14)15/h7-10H,5-6H2,1-4H3. The lowest BCUT2D eigenvalue weighted by Gasteiger charge is -2.28. The first-order valence-corrected chi connectivity index (χ1v) is 6.80. The molecule has 0 radical (unpaired) electrons. The van der Waals surface area contributed by atoms with E-state index in [2.05, 4.69) is 41.7 Å². The number of benzene rings is 1. The SMILES string of the molecule is CCCC(C)N(C)c1ccc(C(C)=O)cc1Br. The van der Waals surface area contributed by atoms with E-state index in [4.69, 9.17) is 0 Å². The molecule has 0 aliphatic heterocycles. The monoisotopic (exact) mass is 297 g/mol. The molecule has 0 aliphatic rings. The number of carbonyl (C=O) groups excluding carboxylic acids is 1. The molecule has 0 saturated heterocycles. The minimum absolute atomic E-state index is 0.0986. The summed E-state index contributed by atoms with van der Waals surface area (Å²) in [5.74, 6) is 0.0986. The van der Waals surface area contributed by atoms with E-state index in [1.165, 1.54) is 6.42 Å². The van der Waals surface area contributed by atoms with E-state index < -0.39 is 0 Å². The third kappa shape index (κ3) is 3.56. The molecule has 1 aromatic carbocycles. The fraction of sp³-hybridized carbons (Fsp3) is 0.500. The van der Waals surface area contributed by atoms with Gasteiger partial charge in [0.2, 0.25) is 0 Å². The molecule has 1 rings (SSSR count). The molecular weight excluding hydrogens is 278 g/mol. The molecule has 0 N–H and O–H groups in total. The van der Waals surface area contributed by atoms with E-state index in [1.807, 2.05) is 18.2 Å². The van der Waals surface area contributed by atoms with E-state index in [1.54, 1.807) is 6.92 Å². The van der Waals surface area contributed by atoms with Crippen LogP contribution in [-0.2, 0) is 0 Å². The van der Waals surface area contributed by atoms with Crippen molar-refractivity contribution in [1.82, 2.24) is 0 Å². The van der Waals surface area contributed by atoms with E-state index in [-0.39, 0.29) is 5.78 Å². The molecule has 17 heavy (non-hydrogen) atoms. The third-order valence-electron chi connectivity index (χ3n) is 3.10. The van der Waals surface area contributed by atoms with Gasteiger partial charge in [-0.15, -0.1) is 0 Å². The fourth-order valence-electron chi connectivity index (χ4n) is 1.86. The highest BCUT2D eigenvalue weighted by atomic mass is 79.9. The minimum Gasteiger partial charge on any atom is -0.371 e. The van der Waals surface area contributed by atoms with Crippen molar-refractivity contribution >= 4 is 27.4 Å². The van der Waals surface area contributed by atoms with Gasteiger partial charge in [-0.05, 0) is 54.4 Å². The van der Waals surface area contributed by atoms with Crippen molar-refractivity contribution in [2.45, 2.75) is 39.7 Å². The topological polar surface area (TPSA) is 20.3 Å². The number of anilines is 1. The molecule has 1 atom stereocenters. The molecule has 0 aromatic heterocycles. The second-order valence-electron chi connectivity index (χ2n) is 4.47. The smallest absolute Gasteiger partial charge is 0.159 e. The molecule has 3 heteroatoms. The van der Waals surface area contributed by atoms with E-state index in [0.717, 1.165) is 22.1 Å². The van der Waals surface area contributed by atoms with Gasteiger partial charge in [-0.3, -0.25) is 4.79 Å². The Bertz CT molecular complexity index is 403. The van der Waals surface area contributed by atoms with E-state index in [9.17, 15) is 4.79 Å². The predicted octanol–water partition coefficient (Wildman–Crippen LogP) is 4.28. The average Bonchev–Trinajstić information content (AvgIpc) is 2.28. The van der Waals surface area contributed by atoms with Crippen molar-refractivity contribution in [2.24, 2.45) is 0 Å². The zero-order chi connectivity index (χ0) is 13.0. The number of hydrogen-bond acceptors (Lipinski definition) is 2. The molecule has 1 aromatic rings. The lowest BCUT2D eigenvalue weighted by molar-refractivity contribution is 0.101. The Morgan fingerprint density at radius 3 is 2.59 bits per heavy atom. The first-order chi connectivity index (χ1) is 7.97. The number of nitrogens with zero attached hydrogens (tertiary/aromatic N) is 1. The first-order valence-electron chi connectivity index (χ1n) is 6.00. The summed E-state index contributed by atoms with van der Waals surface area (Å²) in [6, 6.07) is 6.29. The van der Waals surface area contributed by atoms with Gasteiger partial charge in [-0.25, -0.2) is 0 Å². The van der Waals surface area contributed by atoms with E-state index in [0.29, 0.717) is 6.04 Å². The van der Waals surface area contributed by atoms with Gasteiger partial charge >= 0.3 is 0 Å². The summed E-state index contributed by atoms with van der Waals surface area (Å²) < 4.78 is 0.982. The zero-order valence-electron chi connectivity index (χ0n) is 11.0. The summed E-state index contributed by atoms with van der Waals surface area (Å²) in [5, 5.41) is 0. The lowest BCUT2D eigenvalue weighted by Crippen LogP contribution is -2.28. The highest BCUT2D eigenvalue weighted by molar-refractivity contribution is 9.10. The van der Waals surface area contributed by atoms with Crippen molar-refractivity contribution in [3.63, 3.8) is 0 Å². The van der Waals surface area contributed by atoms with Crippen LogP contribution < -0.4 is 4.90 Å². The van der Waals surface area contributed by atoms with Crippen molar-refractivity contribution in [3.8, 4) is 0 Å². The van der Waals surface area contributed by atoms with Gasteiger partial charge in [-0.1, -0.05) is 13.3 Å². The number of rotatable bonds is 5. The first kappa shape index (κ1) is 14.2. The van der Waals surface area contributed by atoms with Crippen LogP contribution in [0.5, 0.6) is 0 Å². The van der Waals surface area contributed by atoms with Gasteiger partial charge in [0.05, 0.1) is 5.69 Å². The Balaban J connectivity index is 2.95. The second-order valence-corrected chi connectivity index (χ2v) is 5.33. The van der Waals surface area contributed by atoms with Crippen LogP contribution in [0.4, 0.5) is 5.69 Å². The molecule has 0 saturated carbocycles. The summed E-state index contributed by atoms with van der Waals surface area (Å²) in [7, 11) is 2.09. The van der Waals surface area contributed by atoms with Crippen LogP contribution >= 0.6 is 15.9 Å². The molecule has 0 fully saturated rings. The van der Waals surface area contributed by atoms with Crippen LogP contribution in [0.1, 0.15) is 44.0 Å². The van der Waals surface area contributed by atoms with Gasteiger partial charge < -0.3 is 4.90 Å². The maximum Gasteiger partial charge on any atom is 0.159 e. The molecular formula is C14H20BrNO. The lowest BCUT2D eigenvalue weighted by atomic mass is 10.1. The van der Waals surface area contributed by atoms with Crippen molar-refractivity contribution in [3.05, 3.63) is 28.2 Å². The summed E-state index contributed by atoms with van der Waals surface area (Å²) in [5.41, 5.74) is 1.88. The zero-order valence-corrected chi connectivity index (χ0v) is 12.5. The summed E-state index contributed by atoms with van der Waals surface area (Å²) in [6.07, 6.45) is 2.34. The molecule has 0 spiro atoms. The molecule has 0 heterocycles. The summed E-state index contributed by atoms with van der Waals surface area (Å²) >= 11 is 3.54. The normalized spacial score (nSPS) is 12.3. The van der Waals surface area contributed by atoms with Crippen LogP contribution in [0.2, 0.25) is 0 Å². The van der Waals surface area contributed by atoms with Crippen LogP contribution in [0.15, 0.2) is 22.7 Å². The number of Topliss-reactive ketones (excluding diaryl/α,β-unsaturated/α-hetero) is 1. The van der Waals surface area contributed by atoms with Gasteiger partial charge in [0.1, 0.15) is 0 Å². The van der Waals surface area contributed by atoms with Crippen molar-refractivity contribution in [2.75, 3.05) is 11.9 Å². The average molecular weight is 298 g/mol. The van der Waals surface area contributed by atoms with Gasteiger partial charge in [0.15, 0.2) is 5.78 Å². The van der Waals surface area contributed by atoms with Crippen molar-refractivity contribution in [1.29, 1.82) is 0 Å². The van der Waals surface area contributed by atoms with Gasteiger partial charge in [0.25, 0.3) is 0 Å². The quantitative estimate of drug-likeness (QED) is 0.756. The highest BCUT2D eigenvalue weighted by Crippen LogP contribution is 2.28. The Hall–Kier alpha value is -0.830. The van der Waals surface area contributed by atoms with Crippen LogP contribution in [-0.4, -0.2) is 18.9 Å². The number of hydrogen-bond donors (Lipinski definition) is 0. The molecule has 0 bridgehead atoms. The molecule has 2 nitrogen and oxygen atoms in total. The number of carbonyl (C=O) groups is 1. The molecule has 1 unspecified atom stereocenters. The van der Waals surface area contributed by atoms with E-state index >= 15 is 0 Å². The minimum atomic E-state index is 0.0986. The van der Waals surface area contributed by atoms with Crippen LogP contribution in [0.3, 0.4) is 0 Å². The Morgan fingerprint density at radius 2 is 2.12 bits per heavy atom. The Kier molecular flexibility index (Phi) is 5.19. The van der Waals surface area contributed by atoms with Gasteiger partial charge in [-0.2, -0.15) is 0 Å². The Morgan fingerprint density at radius 1 is 1.47 bits per heavy atom.